The number of benzene rings is 3. The van der Waals surface area contributed by atoms with Crippen LogP contribution in [0.1, 0.15) is 22.4 Å². The fourth-order valence-electron chi connectivity index (χ4n) is 6.23. The molecule has 3 aromatic carbocycles. The van der Waals surface area contributed by atoms with Crippen molar-refractivity contribution in [2.45, 2.75) is 6.67 Å². The third-order valence-corrected chi connectivity index (χ3v) is 8.06. The molecule has 0 N–H and O–H groups in total. The Balaban J connectivity index is 1.41. The van der Waals surface area contributed by atoms with E-state index in [0.717, 1.165) is 60.8 Å². The van der Waals surface area contributed by atoms with Crippen LogP contribution in [0.5, 0.6) is 0 Å². The predicted molar refractivity (Wildman–Crippen MR) is 158 cm³/mol. The number of aromatic nitrogens is 3. The normalized spacial score (nSPS) is 15.7. The van der Waals surface area contributed by atoms with Crippen LogP contribution in [0, 0.1) is 0 Å². The Morgan fingerprint density at radius 2 is 0.976 bits per heavy atom. The lowest BCUT2D eigenvalue weighted by atomic mass is 10.1. The van der Waals surface area contributed by atoms with Crippen LogP contribution < -0.4 is 11.0 Å². The number of hydrogen-bond acceptors (Lipinski definition) is 7. The minimum atomic E-state index is 0.488. The van der Waals surface area contributed by atoms with Crippen molar-refractivity contribution in [3.05, 3.63) is 124 Å². The van der Waals surface area contributed by atoms with E-state index in [9.17, 15) is 0 Å². The molecule has 0 atom stereocenters. The smallest absolute Gasteiger partial charge is 0.183 e. The standard InChI is InChI=1S/C32H17N9/c1-2-9-18-17(8-1)25-34-26(18)37-29-19-10-3-5-12-21(19)31-39-32-22-13-6-4-11-20(22)30(41(32)16-40(29)31)38-27-23-14-7-15-33-24(23)28(35-25)36-27/h1-15H,16H2. The second kappa shape index (κ2) is 7.42. The first-order chi connectivity index (χ1) is 20.3. The van der Waals surface area contributed by atoms with E-state index in [1.54, 1.807) is 6.20 Å². The molecule has 0 saturated heterocycles. The van der Waals surface area contributed by atoms with E-state index < -0.39 is 0 Å². The van der Waals surface area contributed by atoms with E-state index in [2.05, 4.69) is 38.4 Å². The summed E-state index contributed by atoms with van der Waals surface area (Å²) in [5.41, 5.74) is 5.03. The van der Waals surface area contributed by atoms with Crippen LogP contribution in [0.25, 0.3) is 21.5 Å². The molecular formula is C32H17N9. The third-order valence-electron chi connectivity index (χ3n) is 8.06. The van der Waals surface area contributed by atoms with E-state index >= 15 is 0 Å². The van der Waals surface area contributed by atoms with Crippen LogP contribution in [0.3, 0.4) is 0 Å². The first-order valence-corrected chi connectivity index (χ1v) is 13.4. The average Bonchev–Trinajstić information content (AvgIpc) is 3.73. The van der Waals surface area contributed by atoms with Crippen LogP contribution in [0.15, 0.2) is 121 Å². The molecule has 6 aromatic rings. The average molecular weight is 528 g/mol. The highest BCUT2D eigenvalue weighted by atomic mass is 15.3. The quantitative estimate of drug-likeness (QED) is 0.286. The van der Waals surface area contributed by atoms with Crippen molar-refractivity contribution in [2.24, 2.45) is 30.0 Å². The Kier molecular flexibility index (Phi) is 3.81. The monoisotopic (exact) mass is 527 g/mol. The molecule has 0 saturated carbocycles. The van der Waals surface area contributed by atoms with Gasteiger partial charge in [-0.3, -0.25) is 14.1 Å². The molecule has 4 aliphatic rings. The first kappa shape index (κ1) is 21.0. The predicted octanol–water partition coefficient (Wildman–Crippen LogP) is 4.44. The summed E-state index contributed by atoms with van der Waals surface area (Å²) >= 11 is 0. The molecule has 9 heteroatoms. The summed E-state index contributed by atoms with van der Waals surface area (Å²) in [6.45, 7) is 0.495. The zero-order valence-electron chi connectivity index (χ0n) is 21.4. The van der Waals surface area contributed by atoms with Crippen LogP contribution in [0.4, 0.5) is 11.6 Å². The van der Waals surface area contributed by atoms with Gasteiger partial charge < -0.3 is 0 Å². The van der Waals surface area contributed by atoms with Crippen molar-refractivity contribution in [2.75, 3.05) is 0 Å². The van der Waals surface area contributed by atoms with Gasteiger partial charge in [0, 0.05) is 44.4 Å². The summed E-state index contributed by atoms with van der Waals surface area (Å²) in [5.74, 6) is 3.88. The molecule has 0 fully saturated rings. The number of amidine groups is 4. The van der Waals surface area contributed by atoms with Crippen molar-refractivity contribution in [3.63, 3.8) is 0 Å². The Hall–Kier alpha value is -5.83. The number of pyridine rings is 1. The third kappa shape index (κ3) is 2.71. The van der Waals surface area contributed by atoms with Crippen LogP contribution in [-0.4, -0.2) is 37.5 Å². The molecule has 4 aliphatic heterocycles. The molecule has 0 spiro atoms. The second-order valence-electron chi connectivity index (χ2n) is 10.3. The zero-order valence-corrected chi connectivity index (χ0v) is 21.4. The molecule has 190 valence electrons. The Morgan fingerprint density at radius 3 is 1.73 bits per heavy atom. The lowest BCUT2D eigenvalue weighted by Crippen LogP contribution is -2.33. The van der Waals surface area contributed by atoms with E-state index in [1.807, 2.05) is 60.7 Å². The van der Waals surface area contributed by atoms with Gasteiger partial charge in [0.15, 0.2) is 23.3 Å². The molecule has 41 heavy (non-hydrogen) atoms. The van der Waals surface area contributed by atoms with Gasteiger partial charge >= 0.3 is 0 Å². The maximum absolute atomic E-state index is 5.25. The summed E-state index contributed by atoms with van der Waals surface area (Å²) in [6.07, 6.45) is 1.76. The van der Waals surface area contributed by atoms with Crippen molar-refractivity contribution >= 4 is 56.5 Å². The van der Waals surface area contributed by atoms with Crippen molar-refractivity contribution in [1.29, 1.82) is 0 Å². The van der Waals surface area contributed by atoms with Crippen molar-refractivity contribution < 1.29 is 0 Å². The van der Waals surface area contributed by atoms with Crippen LogP contribution >= 0.6 is 0 Å². The summed E-state index contributed by atoms with van der Waals surface area (Å²) < 4.78 is 4.31. The van der Waals surface area contributed by atoms with E-state index in [1.165, 1.54) is 0 Å². The van der Waals surface area contributed by atoms with Crippen LogP contribution in [0.2, 0.25) is 0 Å². The molecule has 6 bridgehead atoms. The van der Waals surface area contributed by atoms with E-state index in [0.29, 0.717) is 35.7 Å². The van der Waals surface area contributed by atoms with Gasteiger partial charge in [0.1, 0.15) is 35.0 Å². The fraction of sp³-hybridized carbons (Fsp3) is 0.0312. The maximum Gasteiger partial charge on any atom is 0.183 e. The number of nitrogens with zero attached hydrogens (tertiary/aromatic N) is 9. The first-order valence-electron chi connectivity index (χ1n) is 13.4. The van der Waals surface area contributed by atoms with Gasteiger partial charge in [-0.05, 0) is 12.1 Å². The number of aliphatic imine (C=N–C) groups is 4. The minimum Gasteiger partial charge on any atom is -0.291 e. The molecular weight excluding hydrogens is 510 g/mol. The molecule has 7 heterocycles. The summed E-state index contributed by atoms with van der Waals surface area (Å²) in [5, 5.41) is 4.12. The molecule has 0 radical (unpaired) electrons. The van der Waals surface area contributed by atoms with Crippen molar-refractivity contribution in [3.8, 4) is 0 Å². The molecule has 10 rings (SSSR count). The van der Waals surface area contributed by atoms with Gasteiger partial charge in [0.2, 0.25) is 0 Å². The molecule has 3 aromatic heterocycles. The topological polar surface area (TPSA) is 96.9 Å². The number of hydrogen-bond donors (Lipinski definition) is 0. The van der Waals surface area contributed by atoms with Crippen molar-refractivity contribution in [1.82, 2.24) is 14.1 Å². The molecule has 9 nitrogen and oxygen atoms in total. The Labute approximate surface area is 231 Å². The number of fused-ring (bicyclic) bond motifs is 14. The lowest BCUT2D eigenvalue weighted by molar-refractivity contribution is 0.561. The summed E-state index contributed by atoms with van der Waals surface area (Å²) in [7, 11) is 0. The molecule has 0 unspecified atom stereocenters. The van der Waals surface area contributed by atoms with Gasteiger partial charge in [0.05, 0.1) is 0 Å². The molecule has 0 amide bonds. The highest BCUT2D eigenvalue weighted by Crippen LogP contribution is 2.40. The van der Waals surface area contributed by atoms with Gasteiger partial charge in [-0.2, -0.15) is 0 Å². The summed E-state index contributed by atoms with van der Waals surface area (Å²) in [4.78, 5) is 35.1. The lowest BCUT2D eigenvalue weighted by Gasteiger charge is -2.15. The molecule has 0 aliphatic carbocycles. The van der Waals surface area contributed by atoms with Gasteiger partial charge in [0.25, 0.3) is 0 Å². The van der Waals surface area contributed by atoms with Crippen LogP contribution in [-0.2, 0) is 6.67 Å². The zero-order chi connectivity index (χ0) is 26.7. The fourth-order valence-corrected chi connectivity index (χ4v) is 6.23. The summed E-state index contributed by atoms with van der Waals surface area (Å²) in [6, 6.07) is 28.5. The Morgan fingerprint density at radius 1 is 0.439 bits per heavy atom. The van der Waals surface area contributed by atoms with Gasteiger partial charge in [-0.1, -0.05) is 72.8 Å². The minimum absolute atomic E-state index is 0.488. The van der Waals surface area contributed by atoms with E-state index in [-0.39, 0.29) is 0 Å². The highest BCUT2D eigenvalue weighted by molar-refractivity contribution is 6.29. The maximum atomic E-state index is 5.25. The number of rotatable bonds is 0. The second-order valence-corrected chi connectivity index (χ2v) is 10.3. The Bertz CT molecular complexity index is 2450. The largest absolute Gasteiger partial charge is 0.291 e. The highest BCUT2D eigenvalue weighted by Gasteiger charge is 2.29. The van der Waals surface area contributed by atoms with Gasteiger partial charge in [-0.15, -0.1) is 0 Å². The SMILES string of the molecule is c1ccc2c(c1)C1=NC2=NC2=NC(=Nc3c4ccccc4c4n3Cn3c(c5ccccc5c3=N4)=N1)c1cccnc12. The van der Waals surface area contributed by atoms with E-state index in [4.69, 9.17) is 30.0 Å². The van der Waals surface area contributed by atoms with Gasteiger partial charge in [-0.25, -0.2) is 30.0 Å².